The summed E-state index contributed by atoms with van der Waals surface area (Å²) in [6.07, 6.45) is 0.619. The number of thiazole rings is 1. The van der Waals surface area contributed by atoms with Crippen LogP contribution < -0.4 is 9.21 Å². The zero-order valence-corrected chi connectivity index (χ0v) is 25.4. The number of hydrogen-bond acceptors (Lipinski definition) is 7. The van der Waals surface area contributed by atoms with Gasteiger partial charge in [0.2, 0.25) is 0 Å². The molecule has 0 N–H and O–H groups in total. The molecular formula is C29H31ClF2N4O4S2. The van der Waals surface area contributed by atoms with E-state index in [4.69, 9.17) is 4.74 Å². The molecule has 1 aromatic heterocycles. The van der Waals surface area contributed by atoms with E-state index in [1.54, 1.807) is 31.2 Å². The molecular weight excluding hydrogens is 606 g/mol. The fraction of sp³-hybridized carbons (Fsp3) is 0.310. The van der Waals surface area contributed by atoms with Gasteiger partial charge in [0.1, 0.15) is 11.3 Å². The van der Waals surface area contributed by atoms with E-state index in [0.717, 1.165) is 37.0 Å². The van der Waals surface area contributed by atoms with Crippen molar-refractivity contribution in [1.82, 2.24) is 9.88 Å². The number of benzene rings is 3. The van der Waals surface area contributed by atoms with Gasteiger partial charge in [0, 0.05) is 44.4 Å². The highest BCUT2D eigenvalue weighted by molar-refractivity contribution is 7.92. The van der Waals surface area contributed by atoms with Gasteiger partial charge in [0.25, 0.3) is 15.9 Å². The summed E-state index contributed by atoms with van der Waals surface area (Å²) in [5.74, 6) is -1.92. The number of sulfonamides is 1. The van der Waals surface area contributed by atoms with Crippen LogP contribution in [0.15, 0.2) is 71.6 Å². The number of hydrogen-bond donors (Lipinski definition) is 0. The number of anilines is 2. The number of carbonyl (C=O) groups is 1. The Hall–Kier alpha value is -3.16. The fourth-order valence-electron chi connectivity index (χ4n) is 4.76. The van der Waals surface area contributed by atoms with Crippen molar-refractivity contribution < 1.29 is 26.7 Å². The first-order valence-corrected chi connectivity index (χ1v) is 15.6. The number of halogens is 3. The van der Waals surface area contributed by atoms with Crippen molar-refractivity contribution in [2.45, 2.75) is 18.2 Å². The summed E-state index contributed by atoms with van der Waals surface area (Å²) in [5, 5.41) is 0.245. The lowest BCUT2D eigenvalue weighted by molar-refractivity contribution is 0.0376. The van der Waals surface area contributed by atoms with E-state index < -0.39 is 27.6 Å². The monoisotopic (exact) mass is 636 g/mol. The van der Waals surface area contributed by atoms with Crippen LogP contribution in [-0.4, -0.2) is 70.1 Å². The van der Waals surface area contributed by atoms with Gasteiger partial charge in [-0.25, -0.2) is 22.2 Å². The molecule has 0 spiro atoms. The fourth-order valence-corrected chi connectivity index (χ4v) is 7.26. The molecule has 4 aromatic rings. The van der Waals surface area contributed by atoms with Crippen LogP contribution in [0.1, 0.15) is 23.7 Å². The average molecular weight is 637 g/mol. The molecule has 0 aliphatic carbocycles. The van der Waals surface area contributed by atoms with Gasteiger partial charge in [0.05, 0.1) is 28.5 Å². The summed E-state index contributed by atoms with van der Waals surface area (Å²) in [6.45, 7) is 5.91. The molecule has 0 saturated carbocycles. The Kier molecular flexibility index (Phi) is 10.5. The zero-order chi connectivity index (χ0) is 29.0. The number of aromatic nitrogens is 1. The summed E-state index contributed by atoms with van der Waals surface area (Å²) in [5.41, 5.74) is 0.796. The Morgan fingerprint density at radius 2 is 1.74 bits per heavy atom. The summed E-state index contributed by atoms with van der Waals surface area (Å²) in [6, 6.07) is 16.5. The smallest absolute Gasteiger partial charge is 0.264 e. The zero-order valence-electron chi connectivity index (χ0n) is 22.9. The van der Waals surface area contributed by atoms with Crippen LogP contribution in [0.5, 0.6) is 0 Å². The molecule has 1 saturated heterocycles. The predicted molar refractivity (Wildman–Crippen MR) is 163 cm³/mol. The van der Waals surface area contributed by atoms with Gasteiger partial charge in [0.15, 0.2) is 10.9 Å². The van der Waals surface area contributed by atoms with Crippen molar-refractivity contribution in [2.75, 3.05) is 55.1 Å². The van der Waals surface area contributed by atoms with Crippen molar-refractivity contribution in [3.05, 3.63) is 83.9 Å². The number of amides is 1. The van der Waals surface area contributed by atoms with E-state index in [-0.39, 0.29) is 46.6 Å². The van der Waals surface area contributed by atoms with E-state index in [0.29, 0.717) is 30.0 Å². The van der Waals surface area contributed by atoms with Gasteiger partial charge in [-0.2, -0.15) is 0 Å². The van der Waals surface area contributed by atoms with E-state index >= 15 is 0 Å². The van der Waals surface area contributed by atoms with Gasteiger partial charge in [-0.15, -0.1) is 12.4 Å². The molecule has 3 aromatic carbocycles. The van der Waals surface area contributed by atoms with Crippen LogP contribution in [0.4, 0.5) is 19.6 Å². The van der Waals surface area contributed by atoms with E-state index in [9.17, 15) is 22.0 Å². The summed E-state index contributed by atoms with van der Waals surface area (Å²) < 4.78 is 62.1. The van der Waals surface area contributed by atoms with Crippen LogP contribution >= 0.6 is 23.7 Å². The van der Waals surface area contributed by atoms with Gasteiger partial charge < -0.3 is 4.74 Å². The minimum atomic E-state index is -3.87. The van der Waals surface area contributed by atoms with Crippen molar-refractivity contribution in [3.8, 4) is 0 Å². The minimum absolute atomic E-state index is 0. The molecule has 1 aliphatic rings. The van der Waals surface area contributed by atoms with E-state index in [1.165, 1.54) is 39.5 Å². The Balaban J connectivity index is 0.00000405. The van der Waals surface area contributed by atoms with Gasteiger partial charge in [-0.1, -0.05) is 29.5 Å². The number of rotatable bonds is 10. The van der Waals surface area contributed by atoms with Gasteiger partial charge in [-0.3, -0.25) is 18.9 Å². The second-order valence-electron chi connectivity index (χ2n) is 9.52. The largest absolute Gasteiger partial charge is 0.379 e. The standard InChI is InChI=1S/C29H30F2N4O4S2.ClH/c1-2-35(23-7-4-3-5-8-23)41(37,38)24-11-9-21(10-12-24)28(36)34(14-6-13-33-15-17-39-18-16-33)29-32-27-25(31)19-22(30)20-26(27)40-29;/h3-5,7-12,19-20H,2,6,13-18H2,1H3;1H. The minimum Gasteiger partial charge on any atom is -0.379 e. The number of para-hydroxylation sites is 1. The molecule has 5 rings (SSSR count). The number of morpholine rings is 1. The van der Waals surface area contributed by atoms with Gasteiger partial charge in [-0.05, 0) is 55.8 Å². The molecule has 42 heavy (non-hydrogen) atoms. The molecule has 1 fully saturated rings. The maximum atomic E-state index is 14.4. The SMILES string of the molecule is CCN(c1ccccc1)S(=O)(=O)c1ccc(C(=O)N(CCCN2CCOCC2)c2nc3c(F)cc(F)cc3s2)cc1.Cl. The van der Waals surface area contributed by atoms with Crippen molar-refractivity contribution in [1.29, 1.82) is 0 Å². The second kappa shape index (κ2) is 13.9. The Bertz CT molecular complexity index is 1620. The quantitative estimate of drug-likeness (QED) is 0.226. The molecule has 13 heteroatoms. The number of carbonyl (C=O) groups excluding carboxylic acids is 1. The average Bonchev–Trinajstić information content (AvgIpc) is 3.40. The maximum absolute atomic E-state index is 14.4. The third-order valence-corrected chi connectivity index (χ3v) is 9.80. The first-order chi connectivity index (χ1) is 19.8. The van der Waals surface area contributed by atoms with Crippen molar-refractivity contribution in [3.63, 3.8) is 0 Å². The van der Waals surface area contributed by atoms with Crippen LogP contribution in [0.25, 0.3) is 10.2 Å². The topological polar surface area (TPSA) is 83.1 Å². The van der Waals surface area contributed by atoms with Gasteiger partial charge >= 0.3 is 0 Å². The lowest BCUT2D eigenvalue weighted by Crippen LogP contribution is -2.39. The Morgan fingerprint density at radius 3 is 2.40 bits per heavy atom. The molecule has 224 valence electrons. The molecule has 0 bridgehead atoms. The highest BCUT2D eigenvalue weighted by Crippen LogP contribution is 2.32. The van der Waals surface area contributed by atoms with E-state index in [1.807, 2.05) is 6.07 Å². The lowest BCUT2D eigenvalue weighted by Gasteiger charge is -2.27. The van der Waals surface area contributed by atoms with Crippen LogP contribution in [0, 0.1) is 11.6 Å². The Labute approximate surface area is 254 Å². The first kappa shape index (κ1) is 31.8. The predicted octanol–water partition coefficient (Wildman–Crippen LogP) is 5.58. The third-order valence-electron chi connectivity index (χ3n) is 6.86. The van der Waals surface area contributed by atoms with Crippen LogP contribution in [-0.2, 0) is 14.8 Å². The third kappa shape index (κ3) is 6.90. The Morgan fingerprint density at radius 1 is 1.05 bits per heavy atom. The van der Waals surface area contributed by atoms with Crippen LogP contribution in [0.3, 0.4) is 0 Å². The molecule has 8 nitrogen and oxygen atoms in total. The summed E-state index contributed by atoms with van der Waals surface area (Å²) >= 11 is 1.03. The normalized spacial score (nSPS) is 14.0. The molecule has 2 heterocycles. The van der Waals surface area contributed by atoms with Crippen LogP contribution in [0.2, 0.25) is 0 Å². The molecule has 1 aliphatic heterocycles. The highest BCUT2D eigenvalue weighted by atomic mass is 35.5. The number of nitrogens with zero attached hydrogens (tertiary/aromatic N) is 4. The summed E-state index contributed by atoms with van der Waals surface area (Å²) in [4.78, 5) is 21.8. The molecule has 0 radical (unpaired) electrons. The van der Waals surface area contributed by atoms with Crippen molar-refractivity contribution in [2.24, 2.45) is 0 Å². The first-order valence-electron chi connectivity index (χ1n) is 13.3. The highest BCUT2D eigenvalue weighted by Gasteiger charge is 2.26. The molecule has 0 atom stereocenters. The maximum Gasteiger partial charge on any atom is 0.264 e. The van der Waals surface area contributed by atoms with E-state index in [2.05, 4.69) is 9.88 Å². The molecule has 1 amide bonds. The number of fused-ring (bicyclic) bond motifs is 1. The lowest BCUT2D eigenvalue weighted by atomic mass is 10.2. The summed E-state index contributed by atoms with van der Waals surface area (Å²) in [7, 11) is -3.87. The number of ether oxygens (including phenoxy) is 1. The second-order valence-corrected chi connectivity index (χ2v) is 12.4. The van der Waals surface area contributed by atoms with Crippen molar-refractivity contribution >= 4 is 60.7 Å². The molecule has 0 unspecified atom stereocenters.